The number of ether oxygens (including phenoxy) is 1. The number of rotatable bonds is 2. The van der Waals surface area contributed by atoms with Crippen LogP contribution in [0.15, 0.2) is 0 Å². The molecule has 0 bridgehead atoms. The summed E-state index contributed by atoms with van der Waals surface area (Å²) in [4.78, 5) is 11.2. The Balaban J connectivity index is 2.51. The molecule has 0 spiro atoms. The number of carbonyl (C=O) groups is 1. The highest BCUT2D eigenvalue weighted by atomic mass is 32.2. The Bertz CT molecular complexity index is 212. The smallest absolute Gasteiger partial charge is 0.320 e. The molecule has 3 nitrogen and oxygen atoms in total. The molecule has 0 amide bonds. The largest absolute Gasteiger partial charge is 0.465 e. The Hall–Kier alpha value is -0.690. The molecule has 1 fully saturated rings. The Kier molecular flexibility index (Phi) is 3.42. The van der Waals surface area contributed by atoms with Crippen molar-refractivity contribution in [2.75, 3.05) is 12.4 Å². The summed E-state index contributed by atoms with van der Waals surface area (Å²) in [6.07, 6.45) is 0.810. The van der Waals surface area contributed by atoms with Crippen molar-refractivity contribution in [3.8, 4) is 6.07 Å². The van der Waals surface area contributed by atoms with Crippen LogP contribution in [0.3, 0.4) is 0 Å². The normalized spacial score (nSPS) is 28.0. The van der Waals surface area contributed by atoms with E-state index in [0.717, 1.165) is 12.2 Å². The molecule has 1 aliphatic heterocycles. The molecule has 0 aromatic rings. The van der Waals surface area contributed by atoms with Gasteiger partial charge in [0.25, 0.3) is 0 Å². The van der Waals surface area contributed by atoms with E-state index < -0.39 is 0 Å². The third-order valence-corrected chi connectivity index (χ3v) is 3.13. The first-order chi connectivity index (χ1) is 5.79. The second-order valence-corrected chi connectivity index (χ2v) is 3.82. The maximum atomic E-state index is 11.2. The number of nitriles is 1. The van der Waals surface area contributed by atoms with Gasteiger partial charge >= 0.3 is 5.97 Å². The molecule has 1 saturated heterocycles. The fraction of sp³-hybridized carbons (Fsp3) is 0.750. The van der Waals surface area contributed by atoms with Crippen LogP contribution in [0.4, 0.5) is 0 Å². The first kappa shape index (κ1) is 9.40. The van der Waals surface area contributed by atoms with Crippen molar-refractivity contribution in [2.24, 2.45) is 5.92 Å². The summed E-state index contributed by atoms with van der Waals surface area (Å²) in [7, 11) is 0. The molecule has 1 heterocycles. The lowest BCUT2D eigenvalue weighted by Crippen LogP contribution is -2.23. The Morgan fingerprint density at radius 2 is 2.58 bits per heavy atom. The van der Waals surface area contributed by atoms with Crippen molar-refractivity contribution in [1.29, 1.82) is 5.26 Å². The molecule has 0 unspecified atom stereocenters. The van der Waals surface area contributed by atoms with Crippen LogP contribution in [0, 0.1) is 17.2 Å². The lowest BCUT2D eigenvalue weighted by atomic mass is 10.1. The van der Waals surface area contributed by atoms with E-state index in [0.29, 0.717) is 6.61 Å². The van der Waals surface area contributed by atoms with E-state index in [1.807, 2.05) is 0 Å². The van der Waals surface area contributed by atoms with Crippen molar-refractivity contribution < 1.29 is 9.53 Å². The van der Waals surface area contributed by atoms with Gasteiger partial charge in [0.15, 0.2) is 0 Å². The summed E-state index contributed by atoms with van der Waals surface area (Å²) in [5.74, 6) is 0.516. The first-order valence-electron chi connectivity index (χ1n) is 3.97. The summed E-state index contributed by atoms with van der Waals surface area (Å²) in [6, 6.07) is 2.13. The summed E-state index contributed by atoms with van der Waals surface area (Å²) >= 11 is 1.53. The second kappa shape index (κ2) is 4.36. The minimum Gasteiger partial charge on any atom is -0.465 e. The molecule has 1 aliphatic rings. The Labute approximate surface area is 76.1 Å². The zero-order chi connectivity index (χ0) is 8.97. The zero-order valence-electron chi connectivity index (χ0n) is 6.95. The van der Waals surface area contributed by atoms with E-state index in [1.54, 1.807) is 6.92 Å². The molecule has 1 rings (SSSR count). The zero-order valence-corrected chi connectivity index (χ0v) is 7.76. The van der Waals surface area contributed by atoms with Crippen LogP contribution in [0.1, 0.15) is 13.3 Å². The highest BCUT2D eigenvalue weighted by Gasteiger charge is 2.34. The number of hydrogen-bond acceptors (Lipinski definition) is 4. The molecule has 0 N–H and O–H groups in total. The molecule has 0 saturated carbocycles. The Morgan fingerprint density at radius 1 is 1.83 bits per heavy atom. The molecule has 12 heavy (non-hydrogen) atoms. The molecule has 0 radical (unpaired) electrons. The number of nitrogens with zero attached hydrogens (tertiary/aromatic N) is 1. The van der Waals surface area contributed by atoms with Crippen molar-refractivity contribution in [3.63, 3.8) is 0 Å². The standard InChI is InChI=1S/C8H11NO2S/c1-2-11-8(10)7-6(5-9)3-4-12-7/h6-7H,2-4H2,1H3/t6-,7+/m0/s1. The molecular formula is C8H11NO2S. The number of thioether (sulfide) groups is 1. The van der Waals surface area contributed by atoms with Crippen LogP contribution < -0.4 is 0 Å². The average Bonchev–Trinajstić information content (AvgIpc) is 2.51. The van der Waals surface area contributed by atoms with Gasteiger partial charge in [-0.2, -0.15) is 5.26 Å². The predicted molar refractivity (Wildman–Crippen MR) is 46.6 cm³/mol. The van der Waals surface area contributed by atoms with Crippen LogP contribution >= 0.6 is 11.8 Å². The highest BCUT2D eigenvalue weighted by molar-refractivity contribution is 8.00. The van der Waals surface area contributed by atoms with E-state index in [2.05, 4.69) is 6.07 Å². The van der Waals surface area contributed by atoms with Gasteiger partial charge in [-0.3, -0.25) is 4.79 Å². The van der Waals surface area contributed by atoms with E-state index in [-0.39, 0.29) is 17.1 Å². The average molecular weight is 185 g/mol. The topological polar surface area (TPSA) is 50.1 Å². The van der Waals surface area contributed by atoms with Crippen molar-refractivity contribution in [1.82, 2.24) is 0 Å². The lowest BCUT2D eigenvalue weighted by molar-refractivity contribution is -0.142. The monoisotopic (exact) mass is 185 g/mol. The van der Waals surface area contributed by atoms with Gasteiger partial charge in [0, 0.05) is 0 Å². The molecular weight excluding hydrogens is 174 g/mol. The van der Waals surface area contributed by atoms with E-state index in [9.17, 15) is 4.79 Å². The van der Waals surface area contributed by atoms with Crippen LogP contribution in [0.25, 0.3) is 0 Å². The van der Waals surface area contributed by atoms with E-state index >= 15 is 0 Å². The van der Waals surface area contributed by atoms with Gasteiger partial charge in [0.2, 0.25) is 0 Å². The third-order valence-electron chi connectivity index (χ3n) is 1.78. The van der Waals surface area contributed by atoms with Gasteiger partial charge in [-0.1, -0.05) is 0 Å². The fourth-order valence-corrected chi connectivity index (χ4v) is 2.46. The lowest BCUT2D eigenvalue weighted by Gasteiger charge is -2.10. The maximum absolute atomic E-state index is 11.2. The highest BCUT2D eigenvalue weighted by Crippen LogP contribution is 2.32. The predicted octanol–water partition coefficient (Wildman–Crippen LogP) is 1.19. The molecule has 66 valence electrons. The minimum absolute atomic E-state index is 0.144. The van der Waals surface area contributed by atoms with Gasteiger partial charge in [-0.15, -0.1) is 11.8 Å². The summed E-state index contributed by atoms with van der Waals surface area (Å²) in [5, 5.41) is 8.44. The summed E-state index contributed by atoms with van der Waals surface area (Å²) in [5.41, 5.74) is 0. The summed E-state index contributed by atoms with van der Waals surface area (Å²) < 4.78 is 4.85. The number of carbonyl (C=O) groups excluding carboxylic acids is 1. The van der Waals surface area contributed by atoms with Gasteiger partial charge in [0.05, 0.1) is 18.6 Å². The quantitative estimate of drug-likeness (QED) is 0.606. The minimum atomic E-state index is -0.241. The van der Waals surface area contributed by atoms with Gasteiger partial charge in [0.1, 0.15) is 5.25 Å². The van der Waals surface area contributed by atoms with Gasteiger partial charge in [-0.05, 0) is 19.1 Å². The first-order valence-corrected chi connectivity index (χ1v) is 5.02. The van der Waals surface area contributed by atoms with Crippen LogP contribution in [0.2, 0.25) is 0 Å². The van der Waals surface area contributed by atoms with Crippen molar-refractivity contribution in [3.05, 3.63) is 0 Å². The van der Waals surface area contributed by atoms with Gasteiger partial charge in [-0.25, -0.2) is 0 Å². The SMILES string of the molecule is CCOC(=O)[C@@H]1SCC[C@H]1C#N. The molecule has 0 aromatic carbocycles. The summed E-state index contributed by atoms with van der Waals surface area (Å²) in [6.45, 7) is 2.17. The van der Waals surface area contributed by atoms with Crippen LogP contribution in [-0.2, 0) is 9.53 Å². The molecule has 4 heteroatoms. The van der Waals surface area contributed by atoms with Crippen molar-refractivity contribution in [2.45, 2.75) is 18.6 Å². The van der Waals surface area contributed by atoms with Crippen LogP contribution in [-0.4, -0.2) is 23.6 Å². The van der Waals surface area contributed by atoms with E-state index in [4.69, 9.17) is 10.00 Å². The van der Waals surface area contributed by atoms with Gasteiger partial charge < -0.3 is 4.74 Å². The maximum Gasteiger partial charge on any atom is 0.320 e. The second-order valence-electron chi connectivity index (χ2n) is 2.57. The fourth-order valence-electron chi connectivity index (χ4n) is 1.18. The van der Waals surface area contributed by atoms with E-state index in [1.165, 1.54) is 11.8 Å². The number of hydrogen-bond donors (Lipinski definition) is 0. The molecule has 0 aromatic heterocycles. The van der Waals surface area contributed by atoms with Crippen molar-refractivity contribution >= 4 is 17.7 Å². The molecule has 2 atom stereocenters. The van der Waals surface area contributed by atoms with Crippen LogP contribution in [0.5, 0.6) is 0 Å². The Morgan fingerprint density at radius 3 is 3.17 bits per heavy atom. The molecule has 0 aliphatic carbocycles. The third kappa shape index (κ3) is 1.92. The number of esters is 1.